The smallest absolute Gasteiger partial charge is 0.296 e. The molecule has 88 valence electrons. The average Bonchev–Trinajstić information content (AvgIpc) is 2.15. The number of benzene rings is 1. The first-order valence-electron chi connectivity index (χ1n) is 5.25. The summed E-state index contributed by atoms with van der Waals surface area (Å²) in [7, 11) is -3.58. The van der Waals surface area contributed by atoms with Gasteiger partial charge in [0.2, 0.25) is 0 Å². The van der Waals surface area contributed by atoms with Crippen LogP contribution in [0.3, 0.4) is 0 Å². The Morgan fingerprint density at radius 2 is 1.94 bits per heavy atom. The lowest BCUT2D eigenvalue weighted by Gasteiger charge is -2.26. The maximum absolute atomic E-state index is 11.7. The van der Waals surface area contributed by atoms with Gasteiger partial charge in [0.15, 0.2) is 0 Å². The monoisotopic (exact) mass is 241 g/mol. The van der Waals surface area contributed by atoms with Crippen molar-refractivity contribution < 1.29 is 12.6 Å². The highest BCUT2D eigenvalue weighted by Crippen LogP contribution is 2.15. The van der Waals surface area contributed by atoms with Crippen LogP contribution in [0.5, 0.6) is 0 Å². The van der Waals surface area contributed by atoms with Gasteiger partial charge < -0.3 is 5.32 Å². The molecular weight excluding hydrogens is 226 g/mol. The highest BCUT2D eigenvalue weighted by atomic mass is 32.2. The van der Waals surface area contributed by atoms with E-state index in [0.717, 1.165) is 18.7 Å². The van der Waals surface area contributed by atoms with Crippen molar-refractivity contribution in [2.24, 2.45) is 5.92 Å². The Morgan fingerprint density at radius 1 is 1.31 bits per heavy atom. The van der Waals surface area contributed by atoms with Crippen molar-refractivity contribution in [1.29, 1.82) is 0 Å². The minimum absolute atomic E-state index is 0.227. The molecule has 1 fully saturated rings. The summed E-state index contributed by atoms with van der Waals surface area (Å²) in [4.78, 5) is 0.227. The van der Waals surface area contributed by atoms with Gasteiger partial charge in [-0.3, -0.25) is 4.18 Å². The third-order valence-electron chi connectivity index (χ3n) is 2.63. The predicted molar refractivity (Wildman–Crippen MR) is 60.7 cm³/mol. The van der Waals surface area contributed by atoms with E-state index < -0.39 is 10.1 Å². The lowest BCUT2D eigenvalue weighted by molar-refractivity contribution is 0.204. The summed E-state index contributed by atoms with van der Waals surface area (Å²) in [5.41, 5.74) is 1.03. The van der Waals surface area contributed by atoms with E-state index in [1.165, 1.54) is 0 Å². The van der Waals surface area contributed by atoms with Crippen LogP contribution in [0.15, 0.2) is 29.2 Å². The van der Waals surface area contributed by atoms with Crippen LogP contribution in [-0.2, 0) is 14.3 Å². The molecule has 4 nitrogen and oxygen atoms in total. The van der Waals surface area contributed by atoms with E-state index in [2.05, 4.69) is 5.32 Å². The standard InChI is InChI=1S/C11H15NO3S/c1-9-2-4-11(5-3-9)16(13,14)15-8-10-6-12-7-10/h2-5,10,12H,6-8H2,1H3. The second-order valence-electron chi connectivity index (χ2n) is 4.08. The highest BCUT2D eigenvalue weighted by molar-refractivity contribution is 7.86. The first-order valence-corrected chi connectivity index (χ1v) is 6.65. The number of aryl methyl sites for hydroxylation is 1. The normalized spacial score (nSPS) is 17.1. The minimum atomic E-state index is -3.58. The van der Waals surface area contributed by atoms with Crippen LogP contribution in [0.1, 0.15) is 5.56 Å². The molecule has 1 aromatic carbocycles. The van der Waals surface area contributed by atoms with Gasteiger partial charge in [-0.1, -0.05) is 17.7 Å². The number of rotatable bonds is 4. The lowest BCUT2D eigenvalue weighted by atomic mass is 10.1. The van der Waals surface area contributed by atoms with Crippen molar-refractivity contribution in [3.63, 3.8) is 0 Å². The summed E-state index contributed by atoms with van der Waals surface area (Å²) in [6, 6.07) is 6.68. The molecule has 0 aliphatic carbocycles. The van der Waals surface area contributed by atoms with Gasteiger partial charge in [0, 0.05) is 19.0 Å². The molecule has 1 aliphatic heterocycles. The molecule has 0 spiro atoms. The third-order valence-corrected chi connectivity index (χ3v) is 3.93. The molecule has 16 heavy (non-hydrogen) atoms. The molecule has 1 N–H and O–H groups in total. The van der Waals surface area contributed by atoms with Crippen LogP contribution in [0, 0.1) is 12.8 Å². The molecule has 0 saturated carbocycles. The van der Waals surface area contributed by atoms with Gasteiger partial charge in [-0.05, 0) is 19.1 Å². The molecule has 1 saturated heterocycles. The van der Waals surface area contributed by atoms with Crippen molar-refractivity contribution in [2.75, 3.05) is 19.7 Å². The van der Waals surface area contributed by atoms with E-state index in [1.807, 2.05) is 6.92 Å². The SMILES string of the molecule is Cc1ccc(S(=O)(=O)OCC2CNC2)cc1. The molecule has 0 atom stereocenters. The predicted octanol–water partition coefficient (Wildman–Crippen LogP) is 0.920. The van der Waals surface area contributed by atoms with Gasteiger partial charge in [0.25, 0.3) is 10.1 Å². The topological polar surface area (TPSA) is 55.4 Å². The number of nitrogens with one attached hydrogen (secondary N) is 1. The van der Waals surface area contributed by atoms with Gasteiger partial charge in [0.05, 0.1) is 11.5 Å². The van der Waals surface area contributed by atoms with Gasteiger partial charge >= 0.3 is 0 Å². The van der Waals surface area contributed by atoms with Crippen LogP contribution >= 0.6 is 0 Å². The van der Waals surface area contributed by atoms with Gasteiger partial charge in [-0.2, -0.15) is 8.42 Å². The van der Waals surface area contributed by atoms with Gasteiger partial charge in [-0.25, -0.2) is 0 Å². The van der Waals surface area contributed by atoms with Crippen molar-refractivity contribution in [3.8, 4) is 0 Å². The summed E-state index contributed by atoms with van der Waals surface area (Å²) in [6.45, 7) is 3.85. The molecule has 0 unspecified atom stereocenters. The molecule has 1 heterocycles. The fraction of sp³-hybridized carbons (Fsp3) is 0.455. The van der Waals surface area contributed by atoms with E-state index in [-0.39, 0.29) is 11.5 Å². The summed E-state index contributed by atoms with van der Waals surface area (Å²) in [6.07, 6.45) is 0. The third kappa shape index (κ3) is 2.61. The molecule has 0 radical (unpaired) electrons. The molecule has 0 amide bonds. The van der Waals surface area contributed by atoms with Crippen LogP contribution < -0.4 is 5.32 Å². The molecule has 2 rings (SSSR count). The van der Waals surface area contributed by atoms with Gasteiger partial charge in [-0.15, -0.1) is 0 Å². The quantitative estimate of drug-likeness (QED) is 0.796. The first kappa shape index (κ1) is 11.6. The van der Waals surface area contributed by atoms with Crippen LogP contribution in [0.25, 0.3) is 0 Å². The minimum Gasteiger partial charge on any atom is -0.316 e. The molecule has 5 heteroatoms. The lowest BCUT2D eigenvalue weighted by Crippen LogP contribution is -2.44. The summed E-state index contributed by atoms with van der Waals surface area (Å²) in [5.74, 6) is 0.320. The highest BCUT2D eigenvalue weighted by Gasteiger charge is 2.21. The van der Waals surface area contributed by atoms with E-state index in [1.54, 1.807) is 24.3 Å². The van der Waals surface area contributed by atoms with E-state index in [9.17, 15) is 8.42 Å². The van der Waals surface area contributed by atoms with E-state index in [4.69, 9.17) is 4.18 Å². The van der Waals surface area contributed by atoms with Crippen molar-refractivity contribution in [3.05, 3.63) is 29.8 Å². The fourth-order valence-corrected chi connectivity index (χ4v) is 2.40. The van der Waals surface area contributed by atoms with E-state index in [0.29, 0.717) is 5.92 Å². The second-order valence-corrected chi connectivity index (χ2v) is 5.69. The summed E-state index contributed by atoms with van der Waals surface area (Å²) < 4.78 is 28.5. The maximum Gasteiger partial charge on any atom is 0.296 e. The zero-order valence-electron chi connectivity index (χ0n) is 9.14. The zero-order chi connectivity index (χ0) is 11.6. The van der Waals surface area contributed by atoms with Crippen molar-refractivity contribution in [2.45, 2.75) is 11.8 Å². The molecule has 0 bridgehead atoms. The Bertz CT molecular complexity index is 449. The molecule has 0 aromatic heterocycles. The Kier molecular flexibility index (Phi) is 3.28. The Morgan fingerprint density at radius 3 is 2.44 bits per heavy atom. The Hall–Kier alpha value is -0.910. The van der Waals surface area contributed by atoms with Gasteiger partial charge in [0.1, 0.15) is 0 Å². The second kappa shape index (κ2) is 4.53. The Balaban J connectivity index is 2.02. The number of hydrogen-bond acceptors (Lipinski definition) is 4. The van der Waals surface area contributed by atoms with E-state index >= 15 is 0 Å². The summed E-state index contributed by atoms with van der Waals surface area (Å²) >= 11 is 0. The van der Waals surface area contributed by atoms with Crippen LogP contribution in [-0.4, -0.2) is 28.1 Å². The van der Waals surface area contributed by atoms with Crippen LogP contribution in [0.4, 0.5) is 0 Å². The average molecular weight is 241 g/mol. The molecular formula is C11H15NO3S. The molecule has 1 aromatic rings. The van der Waals surface area contributed by atoms with Crippen LogP contribution in [0.2, 0.25) is 0 Å². The van der Waals surface area contributed by atoms with Crippen molar-refractivity contribution in [1.82, 2.24) is 5.32 Å². The Labute approximate surface area is 95.7 Å². The fourth-order valence-electron chi connectivity index (χ4n) is 1.43. The largest absolute Gasteiger partial charge is 0.316 e. The molecule has 1 aliphatic rings. The zero-order valence-corrected chi connectivity index (χ0v) is 9.96. The van der Waals surface area contributed by atoms with Crippen molar-refractivity contribution >= 4 is 10.1 Å². The number of hydrogen-bond donors (Lipinski definition) is 1. The first-order chi connectivity index (χ1) is 7.58. The summed E-state index contributed by atoms with van der Waals surface area (Å²) in [5, 5.41) is 3.07. The maximum atomic E-state index is 11.7.